The summed E-state index contributed by atoms with van der Waals surface area (Å²) in [7, 11) is 0. The Labute approximate surface area is 539 Å². The Morgan fingerprint density at radius 1 is 0.844 bits per heavy atom. The molecule has 1 aromatic rings. The van der Waals surface area contributed by atoms with Crippen molar-refractivity contribution in [3.63, 3.8) is 0 Å². The van der Waals surface area contributed by atoms with Crippen molar-refractivity contribution in [1.82, 2.24) is 31.5 Å². The number of unbranched alkanes of at least 4 members (excludes halogenated alkanes) is 2. The molecule has 2 heterocycles. The summed E-state index contributed by atoms with van der Waals surface area (Å²) in [4.78, 5) is 141. The number of alkyl carbamates (subject to hydrolysis) is 2. The molecule has 496 valence electrons. The first-order valence-electron chi connectivity index (χ1n) is 30.8. The van der Waals surface area contributed by atoms with Crippen LogP contribution < -0.4 is 37.6 Å². The minimum Gasteiger partial charge on any atom is -0.458 e. The van der Waals surface area contributed by atoms with Gasteiger partial charge in [-0.05, 0) is 88.2 Å². The van der Waals surface area contributed by atoms with E-state index in [1.807, 2.05) is 52.8 Å². The molecule has 0 saturated carbocycles. The highest BCUT2D eigenvalue weighted by Gasteiger charge is 2.38. The third-order valence-electron chi connectivity index (χ3n) is 14.8. The summed E-state index contributed by atoms with van der Waals surface area (Å²) in [5, 5.41) is 16.5. The van der Waals surface area contributed by atoms with Crippen LogP contribution in [0, 0.1) is 23.2 Å². The summed E-state index contributed by atoms with van der Waals surface area (Å²) in [6.07, 6.45) is 19.0. The van der Waals surface area contributed by atoms with E-state index < -0.39 is 59.6 Å². The lowest BCUT2D eigenvalue weighted by molar-refractivity contribution is -0.147. The number of halogens is 1. The fourth-order valence-corrected chi connectivity index (χ4v) is 10.4. The number of hydrogen-bond acceptors (Lipinski definition) is 15. The molecule has 90 heavy (non-hydrogen) atoms. The van der Waals surface area contributed by atoms with Crippen LogP contribution >= 0.6 is 23.4 Å². The van der Waals surface area contributed by atoms with Gasteiger partial charge in [0.05, 0.1) is 17.3 Å². The van der Waals surface area contributed by atoms with E-state index in [9.17, 15) is 52.7 Å². The van der Waals surface area contributed by atoms with Gasteiger partial charge >= 0.3 is 24.2 Å². The number of primary amides is 1. The predicted octanol–water partition coefficient (Wildman–Crippen LogP) is 9.48. The number of ether oxygens (including phenoxy) is 3. The number of carbonyl (C=O) groups is 11. The lowest BCUT2D eigenvalue weighted by Gasteiger charge is -2.29. The van der Waals surface area contributed by atoms with E-state index in [2.05, 4.69) is 31.9 Å². The number of nitrogens with one attached hydrogen (secondary N) is 6. The molecule has 1 aromatic carbocycles. The Morgan fingerprint density at radius 3 is 2.16 bits per heavy atom. The summed E-state index contributed by atoms with van der Waals surface area (Å²) in [5.74, 6) is -3.53. The normalized spacial score (nSPS) is 17.3. The lowest BCUT2D eigenvalue weighted by Crippen LogP contribution is -2.48. The third kappa shape index (κ3) is 29.9. The Balaban J connectivity index is 1.42. The van der Waals surface area contributed by atoms with Gasteiger partial charge in [0.15, 0.2) is 11.6 Å². The van der Waals surface area contributed by atoms with E-state index in [0.29, 0.717) is 73.3 Å². The number of imide groups is 1. The van der Waals surface area contributed by atoms with Crippen molar-refractivity contribution in [3.05, 3.63) is 101 Å². The standard InChI is InChI=1S/C66H95ClN8O14S/c1-42(2)58(73-55(78)24-12-11-17-37-75-57(80)40-54(90-10)61(75)82)52(77)39-48(21-18-34-69-63(68)84)60(81)72-49-30-28-47(29-31-49)41-87-64(85)70-35-19-36-71-65(86)88-50(32-27-46(6)67)22-14-15-23-51(76)59(66(7,8)9)74-56(79)25-16-13-20-43(3)38-45(5)53-33-26-44(4)62(83)89-53/h13-16,20,25-31,38,42,45,48,50,53-54,58-59H,11-12,17-19,21-24,32-37,39-41H2,1-10H3,(H,70,85)(H,71,86)(H,72,81)(H,73,78)(H,74,79)(H3,68,69,84)/b15-14-,20-13-,25-16-,43-38+,46-27+/t45-,48+,50+,53-,54?,58-,59+/m0/s1. The molecule has 2 aliphatic rings. The number of cyclic esters (lactones) is 1. The highest BCUT2D eigenvalue weighted by Crippen LogP contribution is 2.26. The molecule has 1 saturated heterocycles. The molecule has 24 heteroatoms. The Kier molecular flexibility index (Phi) is 34.3. The number of benzene rings is 1. The molecule has 8 N–H and O–H groups in total. The van der Waals surface area contributed by atoms with E-state index in [1.165, 1.54) is 22.7 Å². The summed E-state index contributed by atoms with van der Waals surface area (Å²) in [6.45, 7) is 17.2. The number of carbonyl (C=O) groups excluding carboxylic acids is 11. The maximum atomic E-state index is 13.8. The van der Waals surface area contributed by atoms with Crippen molar-refractivity contribution in [2.75, 3.05) is 37.8 Å². The Bertz CT molecular complexity index is 2820. The van der Waals surface area contributed by atoms with E-state index >= 15 is 0 Å². The quantitative estimate of drug-likeness (QED) is 0.00616. The molecule has 7 atom stereocenters. The van der Waals surface area contributed by atoms with Gasteiger partial charge in [0.1, 0.15) is 18.8 Å². The molecule has 3 rings (SSSR count). The molecule has 0 bridgehead atoms. The van der Waals surface area contributed by atoms with Gasteiger partial charge in [-0.15, -0.1) is 0 Å². The molecule has 0 radical (unpaired) electrons. The van der Waals surface area contributed by atoms with Gasteiger partial charge in [-0.1, -0.05) is 126 Å². The Hall–Kier alpha value is -7.53. The van der Waals surface area contributed by atoms with Crippen LogP contribution in [-0.2, 0) is 59.2 Å². The van der Waals surface area contributed by atoms with Gasteiger partial charge in [0, 0.05) is 105 Å². The number of hydrogen-bond donors (Lipinski definition) is 7. The topological polar surface area (TPSA) is 317 Å². The smallest absolute Gasteiger partial charge is 0.407 e. The monoisotopic (exact) mass is 1290 g/mol. The molecule has 0 aliphatic carbocycles. The number of anilines is 1. The molecular formula is C66H95ClN8O14S. The second kappa shape index (κ2) is 40.3. The van der Waals surface area contributed by atoms with Crippen molar-refractivity contribution in [2.24, 2.45) is 28.9 Å². The maximum absolute atomic E-state index is 13.8. The highest BCUT2D eigenvalue weighted by molar-refractivity contribution is 8.00. The van der Waals surface area contributed by atoms with Gasteiger partial charge in [-0.25, -0.2) is 19.2 Å². The van der Waals surface area contributed by atoms with Crippen LogP contribution in [-0.4, -0.2) is 132 Å². The molecule has 1 unspecified atom stereocenters. The van der Waals surface area contributed by atoms with Gasteiger partial charge < -0.3 is 51.8 Å². The zero-order valence-electron chi connectivity index (χ0n) is 53.9. The van der Waals surface area contributed by atoms with Gasteiger partial charge in [0.2, 0.25) is 29.5 Å². The second-order valence-corrected chi connectivity index (χ2v) is 25.6. The molecule has 0 aromatic heterocycles. The van der Waals surface area contributed by atoms with Gasteiger partial charge in [-0.3, -0.25) is 38.5 Å². The summed E-state index contributed by atoms with van der Waals surface area (Å²) in [6, 6.07) is 4.18. The first kappa shape index (κ1) is 76.7. The van der Waals surface area contributed by atoms with Crippen LogP contribution in [0.25, 0.3) is 0 Å². The largest absolute Gasteiger partial charge is 0.458 e. The van der Waals surface area contributed by atoms with Crippen LogP contribution in [0.15, 0.2) is 95.1 Å². The summed E-state index contributed by atoms with van der Waals surface area (Å²) in [5.41, 5.74) is 7.20. The second-order valence-electron chi connectivity index (χ2n) is 24.0. The van der Waals surface area contributed by atoms with Crippen LogP contribution in [0.1, 0.15) is 151 Å². The predicted molar refractivity (Wildman–Crippen MR) is 348 cm³/mol. The van der Waals surface area contributed by atoms with Crippen LogP contribution in [0.4, 0.5) is 20.1 Å². The number of likely N-dealkylation sites (tertiary alicyclic amines) is 1. The van der Waals surface area contributed by atoms with Crippen molar-refractivity contribution >= 4 is 94.3 Å². The fourth-order valence-electron chi connectivity index (χ4n) is 9.64. The van der Waals surface area contributed by atoms with Crippen molar-refractivity contribution in [1.29, 1.82) is 0 Å². The maximum Gasteiger partial charge on any atom is 0.407 e. The number of nitrogens with zero attached hydrogens (tertiary/aromatic N) is 1. The highest BCUT2D eigenvalue weighted by atomic mass is 35.5. The molecule has 0 spiro atoms. The molecule has 2 aliphatic heterocycles. The van der Waals surface area contributed by atoms with Crippen LogP contribution in [0.5, 0.6) is 0 Å². The van der Waals surface area contributed by atoms with Crippen molar-refractivity contribution in [3.8, 4) is 0 Å². The molecular weight excluding hydrogens is 1200 g/mol. The number of nitrogens with two attached hydrogens (primary N) is 1. The Morgan fingerprint density at radius 2 is 1.52 bits per heavy atom. The molecule has 9 amide bonds. The lowest BCUT2D eigenvalue weighted by atomic mass is 9.83. The average Bonchev–Trinajstić information content (AvgIpc) is 3.26. The molecule has 22 nitrogen and oxygen atoms in total. The summed E-state index contributed by atoms with van der Waals surface area (Å²) < 4.78 is 16.5. The van der Waals surface area contributed by atoms with E-state index in [-0.39, 0.29) is 123 Å². The number of thioether (sulfide) groups is 1. The van der Waals surface area contributed by atoms with E-state index in [1.54, 1.807) is 88.6 Å². The van der Waals surface area contributed by atoms with Gasteiger partial charge in [-0.2, -0.15) is 11.8 Å². The first-order valence-corrected chi connectivity index (χ1v) is 32.4. The minimum atomic E-state index is -0.865. The number of amides is 9. The van der Waals surface area contributed by atoms with Crippen molar-refractivity contribution in [2.45, 2.75) is 182 Å². The minimum absolute atomic E-state index is 0.00536. The number of urea groups is 1. The number of rotatable bonds is 38. The SMILES string of the molecule is CSC1CC(=O)N(CCCCCC(=O)N[C@H](C(=O)C[C@@H](CCCNC(N)=O)C(=O)Nc2ccc(COC(=O)NCCCNC(=O)O[C@H](C/C=C\CC(=O)[C@@H](NC(=O)\C=C/C=C\C(C)=C\[C@H](C)[C@@H]3CC=C(C)C(=O)O3)C(C)(C)C)C/C=C(\C)Cl)cc2)C(C)C)C1=O. The summed E-state index contributed by atoms with van der Waals surface area (Å²) >= 11 is 7.45. The molecule has 1 fully saturated rings. The van der Waals surface area contributed by atoms with E-state index in [4.69, 9.17) is 31.5 Å². The number of esters is 1. The zero-order chi connectivity index (χ0) is 66.9. The van der Waals surface area contributed by atoms with Gasteiger partial charge in [0.25, 0.3) is 0 Å². The first-order chi connectivity index (χ1) is 42.6. The van der Waals surface area contributed by atoms with E-state index in [0.717, 1.165) is 5.57 Å². The van der Waals surface area contributed by atoms with Crippen molar-refractivity contribution < 1.29 is 67.0 Å². The zero-order valence-corrected chi connectivity index (χ0v) is 55.5. The number of allylic oxidation sites excluding steroid dienone is 6. The average molecular weight is 1290 g/mol. The van der Waals surface area contributed by atoms with Crippen LogP contribution in [0.2, 0.25) is 0 Å². The number of Topliss-reactive ketones (excluding diaryl/α,β-unsaturated/α-hetero) is 2. The fraction of sp³-hybridized carbons (Fsp3) is 0.561. The number of ketones is 2. The third-order valence-corrected chi connectivity index (χ3v) is 15.9. The van der Waals surface area contributed by atoms with Crippen LogP contribution in [0.3, 0.4) is 0 Å².